The topological polar surface area (TPSA) is 119 Å². The first-order valence-electron chi connectivity index (χ1n) is 13.0. The number of nitrogens with two attached hydrogens (primary N) is 1. The maximum atomic E-state index is 13.4. The van der Waals surface area contributed by atoms with Crippen LogP contribution in [0.3, 0.4) is 0 Å². The summed E-state index contributed by atoms with van der Waals surface area (Å²) in [5.74, 6) is -0.825. The SMILES string of the molecule is Nc1cc(F)ccc1C(=O)N1CCC(O)(Cn2cnc3c(cnn3-c3ccc(-c4ccccc4)cc3)c2=O)CC1. The number of anilines is 1. The summed E-state index contributed by atoms with van der Waals surface area (Å²) in [4.78, 5) is 32.3. The van der Waals surface area contributed by atoms with E-state index in [1.807, 2.05) is 54.6 Å². The molecule has 0 bridgehead atoms. The molecule has 3 heterocycles. The van der Waals surface area contributed by atoms with Gasteiger partial charge in [-0.05, 0) is 54.3 Å². The van der Waals surface area contributed by atoms with Crippen LogP contribution in [-0.2, 0) is 6.54 Å². The lowest BCUT2D eigenvalue weighted by Gasteiger charge is -2.38. The van der Waals surface area contributed by atoms with Gasteiger partial charge in [0, 0.05) is 18.8 Å². The minimum Gasteiger partial charge on any atom is -0.398 e. The number of benzene rings is 3. The van der Waals surface area contributed by atoms with Gasteiger partial charge in [-0.2, -0.15) is 5.10 Å². The number of piperidine rings is 1. The number of amides is 1. The van der Waals surface area contributed by atoms with Crippen molar-refractivity contribution in [2.24, 2.45) is 0 Å². The molecule has 2 aromatic heterocycles. The van der Waals surface area contributed by atoms with Crippen LogP contribution in [0.4, 0.5) is 10.1 Å². The molecule has 0 atom stereocenters. The minimum absolute atomic E-state index is 0.0342. The van der Waals surface area contributed by atoms with Crippen LogP contribution in [0.15, 0.2) is 90.1 Å². The Kier molecular flexibility index (Phi) is 6.39. The summed E-state index contributed by atoms with van der Waals surface area (Å²) >= 11 is 0. The number of rotatable bonds is 5. The molecule has 0 spiro atoms. The second-order valence-corrected chi connectivity index (χ2v) is 10.1. The van der Waals surface area contributed by atoms with E-state index in [1.165, 1.54) is 29.2 Å². The number of carbonyl (C=O) groups excluding carboxylic acids is 1. The Balaban J connectivity index is 1.17. The van der Waals surface area contributed by atoms with Gasteiger partial charge in [-0.3, -0.25) is 14.2 Å². The van der Waals surface area contributed by atoms with Gasteiger partial charge in [0.2, 0.25) is 0 Å². The average molecular weight is 539 g/mol. The van der Waals surface area contributed by atoms with E-state index < -0.39 is 11.4 Å². The van der Waals surface area contributed by atoms with Crippen LogP contribution in [0.5, 0.6) is 0 Å². The van der Waals surface area contributed by atoms with Crippen LogP contribution in [0, 0.1) is 5.82 Å². The van der Waals surface area contributed by atoms with Crippen LogP contribution >= 0.6 is 0 Å². The smallest absolute Gasteiger partial charge is 0.264 e. The third-order valence-corrected chi connectivity index (χ3v) is 7.46. The van der Waals surface area contributed by atoms with Crippen LogP contribution in [-0.4, -0.2) is 53.9 Å². The number of hydrogen-bond acceptors (Lipinski definition) is 6. The molecule has 6 rings (SSSR count). The number of nitrogens with zero attached hydrogens (tertiary/aromatic N) is 5. The molecule has 9 nitrogen and oxygen atoms in total. The highest BCUT2D eigenvalue weighted by Gasteiger charge is 2.35. The van der Waals surface area contributed by atoms with E-state index in [2.05, 4.69) is 10.1 Å². The summed E-state index contributed by atoms with van der Waals surface area (Å²) in [5, 5.41) is 16.0. The van der Waals surface area contributed by atoms with E-state index in [1.54, 1.807) is 9.58 Å². The van der Waals surface area contributed by atoms with Gasteiger partial charge in [0.25, 0.3) is 11.5 Å². The number of aliphatic hydroxyl groups is 1. The zero-order valence-corrected chi connectivity index (χ0v) is 21.6. The van der Waals surface area contributed by atoms with Gasteiger partial charge < -0.3 is 15.7 Å². The highest BCUT2D eigenvalue weighted by Crippen LogP contribution is 2.27. The molecule has 0 aliphatic carbocycles. The van der Waals surface area contributed by atoms with Gasteiger partial charge in [-0.15, -0.1) is 0 Å². The highest BCUT2D eigenvalue weighted by atomic mass is 19.1. The Morgan fingerprint density at radius 3 is 2.40 bits per heavy atom. The van der Waals surface area contributed by atoms with E-state index in [0.717, 1.165) is 22.9 Å². The van der Waals surface area contributed by atoms with Crippen molar-refractivity contribution in [3.05, 3.63) is 107 Å². The van der Waals surface area contributed by atoms with Gasteiger partial charge in [-0.25, -0.2) is 14.1 Å². The summed E-state index contributed by atoms with van der Waals surface area (Å²) in [6.07, 6.45) is 3.44. The van der Waals surface area contributed by atoms with Crippen LogP contribution < -0.4 is 11.3 Å². The lowest BCUT2D eigenvalue weighted by Crippen LogP contribution is -2.49. The van der Waals surface area contributed by atoms with E-state index in [4.69, 9.17) is 5.73 Å². The summed E-state index contributed by atoms with van der Waals surface area (Å²) in [7, 11) is 0. The minimum atomic E-state index is -1.20. The van der Waals surface area contributed by atoms with E-state index in [-0.39, 0.29) is 55.2 Å². The number of aromatic nitrogens is 4. The Labute approximate surface area is 228 Å². The maximum Gasteiger partial charge on any atom is 0.264 e. The van der Waals surface area contributed by atoms with Crippen molar-refractivity contribution >= 4 is 22.6 Å². The number of halogens is 1. The molecule has 1 amide bonds. The first-order chi connectivity index (χ1) is 19.3. The molecule has 1 saturated heterocycles. The number of fused-ring (bicyclic) bond motifs is 1. The molecule has 3 aromatic carbocycles. The molecule has 0 radical (unpaired) electrons. The summed E-state index contributed by atoms with van der Waals surface area (Å²) in [6, 6.07) is 21.6. The lowest BCUT2D eigenvalue weighted by molar-refractivity contribution is -0.0299. The molecule has 0 unspecified atom stereocenters. The number of likely N-dealkylation sites (tertiary alicyclic amines) is 1. The summed E-state index contributed by atoms with van der Waals surface area (Å²) in [6.45, 7) is 0.577. The van der Waals surface area contributed by atoms with E-state index in [0.29, 0.717) is 11.0 Å². The van der Waals surface area contributed by atoms with Gasteiger partial charge in [0.15, 0.2) is 5.65 Å². The van der Waals surface area contributed by atoms with E-state index in [9.17, 15) is 19.1 Å². The molecule has 1 fully saturated rings. The lowest BCUT2D eigenvalue weighted by atomic mass is 9.90. The monoisotopic (exact) mass is 538 g/mol. The molecule has 202 valence electrons. The second-order valence-electron chi connectivity index (χ2n) is 10.1. The second kappa shape index (κ2) is 10.0. The third-order valence-electron chi connectivity index (χ3n) is 7.46. The fraction of sp³-hybridized carbons (Fsp3) is 0.200. The molecule has 10 heteroatoms. The number of carbonyl (C=O) groups is 1. The first-order valence-corrected chi connectivity index (χ1v) is 13.0. The Hall–Kier alpha value is -4.83. The standard InChI is InChI=1S/C30H27FN6O3/c31-22-8-11-24(26(32)16-22)28(38)35-14-12-30(40,13-15-35)18-36-19-33-27-25(29(36)39)17-34-37(27)23-9-6-21(7-10-23)20-4-2-1-3-5-20/h1-11,16-17,19,40H,12-15,18,32H2. The molecule has 1 aliphatic heterocycles. The summed E-state index contributed by atoms with van der Waals surface area (Å²) < 4.78 is 16.4. The largest absolute Gasteiger partial charge is 0.398 e. The van der Waals surface area contributed by atoms with Gasteiger partial charge in [0.05, 0.1) is 29.6 Å². The van der Waals surface area contributed by atoms with Crippen LogP contribution in [0.25, 0.3) is 27.8 Å². The predicted octanol–water partition coefficient (Wildman–Crippen LogP) is 3.64. The predicted molar refractivity (Wildman–Crippen MR) is 149 cm³/mol. The Morgan fingerprint density at radius 1 is 1.00 bits per heavy atom. The van der Waals surface area contributed by atoms with Crippen molar-refractivity contribution in [3.63, 3.8) is 0 Å². The molecule has 40 heavy (non-hydrogen) atoms. The Bertz CT molecular complexity index is 1760. The van der Waals surface area contributed by atoms with Gasteiger partial charge >= 0.3 is 0 Å². The van der Waals surface area contributed by atoms with Crippen molar-refractivity contribution < 1.29 is 14.3 Å². The first kappa shape index (κ1) is 25.4. The van der Waals surface area contributed by atoms with E-state index >= 15 is 0 Å². The molecule has 3 N–H and O–H groups in total. The maximum absolute atomic E-state index is 13.4. The number of hydrogen-bond donors (Lipinski definition) is 2. The zero-order valence-electron chi connectivity index (χ0n) is 21.6. The fourth-order valence-electron chi connectivity index (χ4n) is 5.18. The van der Waals surface area contributed by atoms with Crippen molar-refractivity contribution in [3.8, 4) is 16.8 Å². The van der Waals surface area contributed by atoms with Crippen LogP contribution in [0.1, 0.15) is 23.2 Å². The normalized spacial score (nSPS) is 14.9. The summed E-state index contributed by atoms with van der Waals surface area (Å²) in [5.41, 5.74) is 8.00. The van der Waals surface area contributed by atoms with Crippen molar-refractivity contribution in [1.82, 2.24) is 24.2 Å². The van der Waals surface area contributed by atoms with Crippen molar-refractivity contribution in [1.29, 1.82) is 0 Å². The highest BCUT2D eigenvalue weighted by molar-refractivity contribution is 5.99. The molecule has 5 aromatic rings. The molecule has 1 aliphatic rings. The van der Waals surface area contributed by atoms with Crippen molar-refractivity contribution in [2.75, 3.05) is 18.8 Å². The molecular formula is C30H27FN6O3. The zero-order chi connectivity index (χ0) is 27.9. The van der Waals surface area contributed by atoms with Crippen molar-refractivity contribution in [2.45, 2.75) is 25.0 Å². The molecule has 0 saturated carbocycles. The van der Waals surface area contributed by atoms with Gasteiger partial charge in [0.1, 0.15) is 17.5 Å². The van der Waals surface area contributed by atoms with Gasteiger partial charge in [-0.1, -0.05) is 42.5 Å². The third kappa shape index (κ3) is 4.73. The fourth-order valence-corrected chi connectivity index (χ4v) is 5.18. The van der Waals surface area contributed by atoms with Crippen LogP contribution in [0.2, 0.25) is 0 Å². The number of nitrogen functional groups attached to an aromatic ring is 1. The quantitative estimate of drug-likeness (QED) is 0.330. The Morgan fingerprint density at radius 2 is 1.70 bits per heavy atom. The average Bonchev–Trinajstić information content (AvgIpc) is 3.40. The molecular weight excluding hydrogens is 511 g/mol.